The van der Waals surface area contributed by atoms with Crippen molar-refractivity contribution in [3.8, 4) is 0 Å². The number of nitrogens with one attached hydrogen (secondary N) is 1. The van der Waals surface area contributed by atoms with Gasteiger partial charge in [-0.15, -0.1) is 0 Å². The van der Waals surface area contributed by atoms with Gasteiger partial charge in [0.1, 0.15) is 0 Å². The van der Waals surface area contributed by atoms with E-state index in [9.17, 15) is 22.0 Å². The monoisotopic (exact) mass is 332 g/mol. The minimum absolute atomic E-state index is 0.0832. The summed E-state index contributed by atoms with van der Waals surface area (Å²) in [5.41, 5.74) is 0.490. The molecule has 0 aliphatic carbocycles. The molecule has 3 rings (SSSR count). The predicted octanol–water partition coefficient (Wildman–Crippen LogP) is 1.79. The maximum Gasteiger partial charge on any atom is 0.417 e. The highest BCUT2D eigenvalue weighted by Crippen LogP contribution is 2.35. The molecule has 120 valence electrons. The van der Waals surface area contributed by atoms with E-state index in [1.54, 1.807) is 0 Å². The summed E-state index contributed by atoms with van der Waals surface area (Å²) in [6, 6.07) is 3.95. The number of nitrogens with zero attached hydrogens (tertiary/aromatic N) is 1. The second-order valence-corrected chi connectivity index (χ2v) is 7.39. The van der Waals surface area contributed by atoms with Gasteiger partial charge in [-0.05, 0) is 12.1 Å². The number of H-pyrrole nitrogens is 1. The molecule has 6 nitrogen and oxygen atoms in total. The van der Waals surface area contributed by atoms with Crippen molar-refractivity contribution in [3.05, 3.63) is 28.7 Å². The third-order valence-corrected chi connectivity index (χ3v) is 5.78. The van der Waals surface area contributed by atoms with E-state index in [-0.39, 0.29) is 23.6 Å². The molecule has 9 heteroatoms. The molecule has 1 saturated heterocycles. The topological polar surface area (TPSA) is 83.4 Å². The van der Waals surface area contributed by atoms with Crippen LogP contribution in [0, 0.1) is 5.92 Å². The summed E-state index contributed by atoms with van der Waals surface area (Å²) >= 11 is 0. The third kappa shape index (κ3) is 2.44. The van der Waals surface area contributed by atoms with Gasteiger partial charge in [-0.1, -0.05) is 6.92 Å². The SMILES string of the molecule is CC1CN(S(=O)(=O)c2ccc3[nH]c(=O)oc3c2)CCC1(F)F. The van der Waals surface area contributed by atoms with E-state index in [2.05, 4.69) is 4.98 Å². The Morgan fingerprint density at radius 2 is 2.14 bits per heavy atom. The molecule has 1 atom stereocenters. The molecule has 0 saturated carbocycles. The molecule has 0 bridgehead atoms. The van der Waals surface area contributed by atoms with Gasteiger partial charge in [0.2, 0.25) is 10.0 Å². The average Bonchev–Trinajstić information content (AvgIpc) is 2.80. The summed E-state index contributed by atoms with van der Waals surface area (Å²) in [4.78, 5) is 13.4. The average molecular weight is 332 g/mol. The highest BCUT2D eigenvalue weighted by atomic mass is 32.2. The van der Waals surface area contributed by atoms with E-state index in [0.29, 0.717) is 5.52 Å². The highest BCUT2D eigenvalue weighted by Gasteiger charge is 2.44. The molecule has 2 heterocycles. The quantitative estimate of drug-likeness (QED) is 0.909. The summed E-state index contributed by atoms with van der Waals surface area (Å²) in [5.74, 6) is -4.59. The maximum atomic E-state index is 13.5. The van der Waals surface area contributed by atoms with E-state index < -0.39 is 34.0 Å². The minimum Gasteiger partial charge on any atom is -0.408 e. The summed E-state index contributed by atoms with van der Waals surface area (Å²) in [6.45, 7) is 0.843. The fourth-order valence-electron chi connectivity index (χ4n) is 2.50. The van der Waals surface area contributed by atoms with Crippen LogP contribution in [0.15, 0.2) is 32.3 Å². The van der Waals surface area contributed by atoms with Crippen LogP contribution in [-0.4, -0.2) is 36.7 Å². The number of alkyl halides is 2. The lowest BCUT2D eigenvalue weighted by Crippen LogP contribution is -2.48. The van der Waals surface area contributed by atoms with Gasteiger partial charge in [0.15, 0.2) is 5.58 Å². The maximum absolute atomic E-state index is 13.5. The summed E-state index contributed by atoms with van der Waals surface area (Å²) in [7, 11) is -3.90. The molecule has 0 spiro atoms. The Hall–Kier alpha value is -1.74. The Morgan fingerprint density at radius 3 is 2.82 bits per heavy atom. The van der Waals surface area contributed by atoms with Crippen LogP contribution < -0.4 is 5.76 Å². The van der Waals surface area contributed by atoms with Crippen LogP contribution in [0.25, 0.3) is 11.1 Å². The fraction of sp³-hybridized carbons (Fsp3) is 0.462. The molecule has 0 radical (unpaired) electrons. The number of rotatable bonds is 2. The van der Waals surface area contributed by atoms with Crippen LogP contribution >= 0.6 is 0 Å². The Bertz CT molecular complexity index is 872. The molecule has 1 unspecified atom stereocenters. The molecule has 1 aromatic carbocycles. The Kier molecular flexibility index (Phi) is 3.37. The number of fused-ring (bicyclic) bond motifs is 1. The predicted molar refractivity (Wildman–Crippen MR) is 74.3 cm³/mol. The Morgan fingerprint density at radius 1 is 1.41 bits per heavy atom. The molecule has 22 heavy (non-hydrogen) atoms. The summed E-state index contributed by atoms with van der Waals surface area (Å²) < 4.78 is 58.0. The number of aromatic nitrogens is 1. The first-order chi connectivity index (χ1) is 10.2. The van der Waals surface area contributed by atoms with Crippen molar-refractivity contribution >= 4 is 21.1 Å². The van der Waals surface area contributed by atoms with Gasteiger partial charge in [-0.2, -0.15) is 4.31 Å². The first-order valence-corrected chi connectivity index (χ1v) is 8.15. The molecule has 1 N–H and O–H groups in total. The number of piperidine rings is 1. The third-order valence-electron chi connectivity index (χ3n) is 3.92. The zero-order valence-electron chi connectivity index (χ0n) is 11.7. The number of aromatic amines is 1. The van der Waals surface area contributed by atoms with Crippen LogP contribution in [0.5, 0.6) is 0 Å². The lowest BCUT2D eigenvalue weighted by atomic mass is 9.97. The molecule has 1 aliphatic heterocycles. The van der Waals surface area contributed by atoms with Crippen molar-refractivity contribution in [2.45, 2.75) is 24.2 Å². The molecule has 1 aliphatic rings. The van der Waals surface area contributed by atoms with Crippen LogP contribution in [0.3, 0.4) is 0 Å². The smallest absolute Gasteiger partial charge is 0.408 e. The molecular formula is C13H14F2N2O4S. The van der Waals surface area contributed by atoms with E-state index in [0.717, 1.165) is 4.31 Å². The van der Waals surface area contributed by atoms with Gasteiger partial charge >= 0.3 is 5.76 Å². The normalized spacial score (nSPS) is 23.0. The molecule has 1 fully saturated rings. The lowest BCUT2D eigenvalue weighted by molar-refractivity contribution is -0.0853. The van der Waals surface area contributed by atoms with Crippen LogP contribution in [0.4, 0.5) is 8.78 Å². The zero-order valence-corrected chi connectivity index (χ0v) is 12.5. The van der Waals surface area contributed by atoms with E-state index in [1.807, 2.05) is 0 Å². The Balaban J connectivity index is 1.96. The number of oxazole rings is 1. The Labute approximate surface area is 124 Å². The number of hydrogen-bond acceptors (Lipinski definition) is 4. The number of hydrogen-bond donors (Lipinski definition) is 1. The van der Waals surface area contributed by atoms with E-state index in [4.69, 9.17) is 4.42 Å². The van der Waals surface area contributed by atoms with E-state index >= 15 is 0 Å². The number of halogens is 2. The minimum atomic E-state index is -3.90. The zero-order chi connectivity index (χ0) is 16.1. The highest BCUT2D eigenvalue weighted by molar-refractivity contribution is 7.89. The van der Waals surface area contributed by atoms with Crippen molar-refractivity contribution in [2.24, 2.45) is 5.92 Å². The number of sulfonamides is 1. The fourth-order valence-corrected chi connectivity index (χ4v) is 4.05. The van der Waals surface area contributed by atoms with Gasteiger partial charge in [-0.3, -0.25) is 4.98 Å². The van der Waals surface area contributed by atoms with Crippen LogP contribution in [-0.2, 0) is 10.0 Å². The van der Waals surface area contributed by atoms with Crippen molar-refractivity contribution in [3.63, 3.8) is 0 Å². The second kappa shape index (κ2) is 4.88. The van der Waals surface area contributed by atoms with Crippen LogP contribution in [0.2, 0.25) is 0 Å². The van der Waals surface area contributed by atoms with Crippen molar-refractivity contribution in [1.29, 1.82) is 0 Å². The number of benzene rings is 1. The lowest BCUT2D eigenvalue weighted by Gasteiger charge is -2.35. The van der Waals surface area contributed by atoms with Crippen molar-refractivity contribution < 1.29 is 21.6 Å². The van der Waals surface area contributed by atoms with Crippen molar-refractivity contribution in [1.82, 2.24) is 9.29 Å². The van der Waals surface area contributed by atoms with Gasteiger partial charge in [0.05, 0.1) is 10.4 Å². The van der Waals surface area contributed by atoms with Crippen LogP contribution in [0.1, 0.15) is 13.3 Å². The van der Waals surface area contributed by atoms with Gasteiger partial charge in [-0.25, -0.2) is 22.0 Å². The van der Waals surface area contributed by atoms with Crippen molar-refractivity contribution in [2.75, 3.05) is 13.1 Å². The van der Waals surface area contributed by atoms with Gasteiger partial charge in [0.25, 0.3) is 5.92 Å². The largest absolute Gasteiger partial charge is 0.417 e. The summed E-state index contributed by atoms with van der Waals surface area (Å²) in [6.07, 6.45) is -0.505. The second-order valence-electron chi connectivity index (χ2n) is 5.45. The molecular weight excluding hydrogens is 318 g/mol. The standard InChI is InChI=1S/C13H14F2N2O4S/c1-8-7-17(5-4-13(8,14)15)22(19,20)9-2-3-10-11(6-9)21-12(18)16-10/h2-3,6,8H,4-5,7H2,1H3,(H,16,18). The molecule has 2 aromatic rings. The molecule has 0 amide bonds. The first kappa shape index (κ1) is 15.2. The van der Waals surface area contributed by atoms with E-state index in [1.165, 1.54) is 25.1 Å². The molecule has 1 aromatic heterocycles. The van der Waals surface area contributed by atoms with Gasteiger partial charge in [0, 0.05) is 31.5 Å². The summed E-state index contributed by atoms with van der Waals surface area (Å²) in [5, 5.41) is 0. The van der Waals surface area contributed by atoms with Gasteiger partial charge < -0.3 is 4.42 Å². The first-order valence-electron chi connectivity index (χ1n) is 6.71.